The van der Waals surface area contributed by atoms with Gasteiger partial charge in [0.1, 0.15) is 5.84 Å². The Bertz CT molecular complexity index is 878. The first-order valence-electron chi connectivity index (χ1n) is 10.6. The van der Waals surface area contributed by atoms with E-state index in [0.717, 1.165) is 36.8 Å². The molecule has 0 heterocycles. The van der Waals surface area contributed by atoms with Crippen LogP contribution in [-0.4, -0.2) is 31.2 Å². The van der Waals surface area contributed by atoms with Crippen molar-refractivity contribution in [3.63, 3.8) is 0 Å². The van der Waals surface area contributed by atoms with Crippen molar-refractivity contribution >= 4 is 15.9 Å². The predicted octanol–water partition coefficient (Wildman–Crippen LogP) is 5.81. The SMILES string of the molecule is CCCC(C)N(/C(=N\S(=O)(=O)c1ccc(C)cc1)c1ccccc1)C(C)CCC. The summed E-state index contributed by atoms with van der Waals surface area (Å²) in [6.45, 7) is 10.6. The van der Waals surface area contributed by atoms with Crippen molar-refractivity contribution in [3.8, 4) is 0 Å². The molecule has 2 aromatic carbocycles. The number of nitrogens with zero attached hydrogens (tertiary/aromatic N) is 2. The molecule has 2 unspecified atom stereocenters. The molecule has 0 spiro atoms. The Morgan fingerprint density at radius 2 is 1.41 bits per heavy atom. The maximum atomic E-state index is 13.2. The van der Waals surface area contributed by atoms with Crippen molar-refractivity contribution in [2.24, 2.45) is 4.40 Å². The van der Waals surface area contributed by atoms with E-state index in [4.69, 9.17) is 0 Å². The van der Waals surface area contributed by atoms with Crippen LogP contribution < -0.4 is 0 Å². The van der Waals surface area contributed by atoms with Crippen LogP contribution in [0.1, 0.15) is 64.5 Å². The molecule has 0 aliphatic carbocycles. The Hall–Kier alpha value is -2.14. The third-order valence-electron chi connectivity index (χ3n) is 5.16. The van der Waals surface area contributed by atoms with Gasteiger partial charge >= 0.3 is 0 Å². The summed E-state index contributed by atoms with van der Waals surface area (Å²) in [7, 11) is -3.82. The lowest BCUT2D eigenvalue weighted by molar-refractivity contribution is 0.239. The minimum atomic E-state index is -3.82. The van der Waals surface area contributed by atoms with E-state index in [9.17, 15) is 8.42 Å². The second kappa shape index (κ2) is 10.6. The largest absolute Gasteiger partial charge is 0.350 e. The van der Waals surface area contributed by atoms with Crippen LogP contribution in [0.25, 0.3) is 0 Å². The summed E-state index contributed by atoms with van der Waals surface area (Å²) in [5, 5.41) is 0. The Balaban J connectivity index is 2.63. The average molecular weight is 415 g/mol. The van der Waals surface area contributed by atoms with Crippen LogP contribution in [0.3, 0.4) is 0 Å². The van der Waals surface area contributed by atoms with Crippen molar-refractivity contribution in [1.82, 2.24) is 4.90 Å². The quantitative estimate of drug-likeness (QED) is 0.384. The summed E-state index contributed by atoms with van der Waals surface area (Å²) >= 11 is 0. The molecule has 0 amide bonds. The van der Waals surface area contributed by atoms with E-state index in [1.165, 1.54) is 0 Å². The number of aryl methyl sites for hydroxylation is 1. The summed E-state index contributed by atoms with van der Waals surface area (Å²) < 4.78 is 30.8. The van der Waals surface area contributed by atoms with Gasteiger partial charge in [0.25, 0.3) is 10.0 Å². The summed E-state index contributed by atoms with van der Waals surface area (Å²) in [6.07, 6.45) is 4.02. The molecular weight excluding hydrogens is 380 g/mol. The summed E-state index contributed by atoms with van der Waals surface area (Å²) in [4.78, 5) is 2.43. The molecule has 0 saturated carbocycles. The summed E-state index contributed by atoms with van der Waals surface area (Å²) in [6, 6.07) is 16.9. The first-order valence-corrected chi connectivity index (χ1v) is 12.0. The van der Waals surface area contributed by atoms with Crippen LogP contribution >= 0.6 is 0 Å². The van der Waals surface area contributed by atoms with Gasteiger partial charge < -0.3 is 4.90 Å². The fourth-order valence-corrected chi connectivity index (χ4v) is 4.69. The number of rotatable bonds is 9. The van der Waals surface area contributed by atoms with Crippen molar-refractivity contribution in [3.05, 3.63) is 65.7 Å². The van der Waals surface area contributed by atoms with Gasteiger partial charge in [-0.05, 0) is 45.7 Å². The molecule has 5 heteroatoms. The van der Waals surface area contributed by atoms with Gasteiger partial charge in [0.15, 0.2) is 0 Å². The fraction of sp³-hybridized carbons (Fsp3) is 0.458. The van der Waals surface area contributed by atoms with Gasteiger partial charge in [-0.15, -0.1) is 4.40 Å². The van der Waals surface area contributed by atoms with Crippen LogP contribution in [0.15, 0.2) is 63.9 Å². The van der Waals surface area contributed by atoms with Gasteiger partial charge in [-0.3, -0.25) is 0 Å². The molecular formula is C24H34N2O2S. The molecule has 2 aromatic rings. The molecule has 0 bridgehead atoms. The lowest BCUT2D eigenvalue weighted by Gasteiger charge is -2.37. The van der Waals surface area contributed by atoms with E-state index < -0.39 is 10.0 Å². The zero-order chi connectivity index (χ0) is 21.4. The van der Waals surface area contributed by atoms with Crippen LogP contribution in [-0.2, 0) is 10.0 Å². The Morgan fingerprint density at radius 1 is 0.897 bits per heavy atom. The van der Waals surface area contributed by atoms with Gasteiger partial charge in [0.05, 0.1) is 4.90 Å². The van der Waals surface area contributed by atoms with E-state index in [-0.39, 0.29) is 17.0 Å². The second-order valence-corrected chi connectivity index (χ2v) is 9.36. The highest BCUT2D eigenvalue weighted by molar-refractivity contribution is 7.90. The highest BCUT2D eigenvalue weighted by Gasteiger charge is 2.27. The first kappa shape index (κ1) is 23.1. The lowest BCUT2D eigenvalue weighted by atomic mass is 10.0. The van der Waals surface area contributed by atoms with E-state index >= 15 is 0 Å². The maximum Gasteiger partial charge on any atom is 0.284 e. The van der Waals surface area contributed by atoms with Crippen molar-refractivity contribution < 1.29 is 8.42 Å². The van der Waals surface area contributed by atoms with Gasteiger partial charge in [-0.25, -0.2) is 0 Å². The highest BCUT2D eigenvalue weighted by Crippen LogP contribution is 2.22. The standard InChI is InChI=1S/C24H34N2O2S/c1-6-11-20(4)26(21(5)12-7-2)24(22-13-9-8-10-14-22)25-29(27,28)23-17-15-19(3)16-18-23/h8-10,13-18,20-21H,6-7,11-12H2,1-5H3/b25-24-. The van der Waals surface area contributed by atoms with E-state index in [2.05, 4.69) is 37.0 Å². The molecule has 2 atom stereocenters. The van der Waals surface area contributed by atoms with E-state index in [1.54, 1.807) is 12.1 Å². The molecule has 2 rings (SSSR count). The van der Waals surface area contributed by atoms with Crippen molar-refractivity contribution in [2.75, 3.05) is 0 Å². The highest BCUT2D eigenvalue weighted by atomic mass is 32.2. The number of sulfonamides is 1. The molecule has 0 saturated heterocycles. The van der Waals surface area contributed by atoms with E-state index in [0.29, 0.717) is 5.84 Å². The third kappa shape index (κ3) is 6.17. The predicted molar refractivity (Wildman–Crippen MR) is 122 cm³/mol. The smallest absolute Gasteiger partial charge is 0.284 e. The zero-order valence-corrected chi connectivity index (χ0v) is 19.1. The third-order valence-corrected chi connectivity index (χ3v) is 6.45. The van der Waals surface area contributed by atoms with E-state index in [1.807, 2.05) is 49.4 Å². The van der Waals surface area contributed by atoms with Crippen LogP contribution in [0.5, 0.6) is 0 Å². The number of hydrogen-bond donors (Lipinski definition) is 0. The Kier molecular flexibility index (Phi) is 8.45. The molecule has 0 radical (unpaired) electrons. The minimum absolute atomic E-state index is 0.189. The molecule has 29 heavy (non-hydrogen) atoms. The Morgan fingerprint density at radius 3 is 1.90 bits per heavy atom. The minimum Gasteiger partial charge on any atom is -0.350 e. The molecule has 0 fully saturated rings. The normalized spacial score (nSPS) is 14.4. The molecule has 0 aliphatic heterocycles. The van der Waals surface area contributed by atoms with Gasteiger partial charge in [0.2, 0.25) is 0 Å². The molecule has 0 N–H and O–H groups in total. The van der Waals surface area contributed by atoms with Crippen LogP contribution in [0.2, 0.25) is 0 Å². The lowest BCUT2D eigenvalue weighted by Crippen LogP contribution is -2.45. The van der Waals surface area contributed by atoms with Crippen LogP contribution in [0, 0.1) is 6.92 Å². The van der Waals surface area contributed by atoms with Gasteiger partial charge in [0, 0.05) is 17.6 Å². The molecule has 0 aliphatic rings. The average Bonchev–Trinajstić information content (AvgIpc) is 2.69. The number of hydrogen-bond acceptors (Lipinski definition) is 2. The Labute approximate surface area is 176 Å². The fourth-order valence-electron chi connectivity index (χ4n) is 3.68. The topological polar surface area (TPSA) is 49.7 Å². The van der Waals surface area contributed by atoms with Gasteiger partial charge in [-0.1, -0.05) is 74.7 Å². The number of benzene rings is 2. The second-order valence-electron chi connectivity index (χ2n) is 7.75. The van der Waals surface area contributed by atoms with Crippen LogP contribution in [0.4, 0.5) is 0 Å². The summed E-state index contributed by atoms with van der Waals surface area (Å²) in [5.41, 5.74) is 1.85. The number of amidine groups is 1. The maximum absolute atomic E-state index is 13.2. The monoisotopic (exact) mass is 414 g/mol. The molecule has 4 nitrogen and oxygen atoms in total. The zero-order valence-electron chi connectivity index (χ0n) is 18.3. The van der Waals surface area contributed by atoms with Crippen molar-refractivity contribution in [2.45, 2.75) is 77.3 Å². The summed E-state index contributed by atoms with van der Waals surface area (Å²) in [5.74, 6) is 0.535. The molecule has 0 aromatic heterocycles. The van der Waals surface area contributed by atoms with Crippen molar-refractivity contribution in [1.29, 1.82) is 0 Å². The van der Waals surface area contributed by atoms with Gasteiger partial charge in [-0.2, -0.15) is 8.42 Å². The first-order chi connectivity index (χ1) is 13.8. The molecule has 158 valence electrons.